The topological polar surface area (TPSA) is 69.3 Å². The summed E-state index contributed by atoms with van der Waals surface area (Å²) in [7, 11) is -1.65. The van der Waals surface area contributed by atoms with Crippen molar-refractivity contribution >= 4 is 26.6 Å². The number of nitrogens with zero attached hydrogens (tertiary/aromatic N) is 3. The summed E-state index contributed by atoms with van der Waals surface area (Å²) in [5.41, 5.74) is 4.31. The van der Waals surface area contributed by atoms with Crippen LogP contribution < -0.4 is 4.31 Å². The first kappa shape index (κ1) is 19.9. The van der Waals surface area contributed by atoms with E-state index in [4.69, 9.17) is 0 Å². The summed E-state index contributed by atoms with van der Waals surface area (Å²) in [6, 6.07) is 14.4. The number of piperidine rings is 1. The minimum atomic E-state index is -3.25. The molecule has 1 aromatic heterocycles. The van der Waals surface area contributed by atoms with Crippen LogP contribution in [0.2, 0.25) is 0 Å². The molecule has 0 amide bonds. The molecule has 1 unspecified atom stereocenters. The lowest BCUT2D eigenvalue weighted by atomic mass is 9.90. The van der Waals surface area contributed by atoms with E-state index in [1.807, 2.05) is 24.4 Å². The molecule has 3 aromatic rings. The van der Waals surface area contributed by atoms with Crippen molar-refractivity contribution in [2.24, 2.45) is 5.92 Å². The van der Waals surface area contributed by atoms with Gasteiger partial charge < -0.3 is 0 Å². The highest BCUT2D eigenvalue weighted by molar-refractivity contribution is 7.92. The second-order valence-corrected chi connectivity index (χ2v) is 10.2. The van der Waals surface area contributed by atoms with Crippen molar-refractivity contribution in [3.05, 3.63) is 59.8 Å². The van der Waals surface area contributed by atoms with E-state index >= 15 is 0 Å². The average Bonchev–Trinajstić information content (AvgIpc) is 3.15. The number of rotatable bonds is 6. The molecule has 1 atom stereocenters. The molecule has 0 spiro atoms. The fourth-order valence-corrected chi connectivity index (χ4v) is 4.71. The molecule has 0 saturated carbocycles. The number of hydrogen-bond acceptors (Lipinski definition) is 4. The van der Waals surface area contributed by atoms with Crippen LogP contribution >= 0.6 is 0 Å². The second-order valence-electron chi connectivity index (χ2n) is 8.14. The monoisotopic (exact) mass is 412 g/mol. The Hall–Kier alpha value is -2.38. The van der Waals surface area contributed by atoms with Crippen LogP contribution in [-0.2, 0) is 23.0 Å². The molecular formula is C22H28N4O2S. The SMILES string of the molecule is CN(c1cccc(CN2CCCC(Cc3ccc4[nH]ncc4c3)C2)c1)S(C)(=O)=O. The first-order valence-corrected chi connectivity index (χ1v) is 11.9. The van der Waals surface area contributed by atoms with Crippen LogP contribution in [-0.4, -0.2) is 49.9 Å². The predicted molar refractivity (Wildman–Crippen MR) is 117 cm³/mol. The fourth-order valence-electron chi connectivity index (χ4n) is 4.21. The number of fused-ring (bicyclic) bond motifs is 1. The van der Waals surface area contributed by atoms with Crippen LogP contribution in [0, 0.1) is 5.92 Å². The maximum atomic E-state index is 11.8. The molecule has 7 heteroatoms. The summed E-state index contributed by atoms with van der Waals surface area (Å²) in [5.74, 6) is 0.634. The first-order chi connectivity index (χ1) is 13.9. The van der Waals surface area contributed by atoms with Crippen molar-refractivity contribution in [1.82, 2.24) is 15.1 Å². The van der Waals surface area contributed by atoms with Gasteiger partial charge in [-0.2, -0.15) is 5.10 Å². The van der Waals surface area contributed by atoms with Gasteiger partial charge in [0.2, 0.25) is 10.0 Å². The molecule has 1 saturated heterocycles. The van der Waals surface area contributed by atoms with E-state index in [0.717, 1.165) is 37.1 Å². The molecular weight excluding hydrogens is 384 g/mol. The lowest BCUT2D eigenvalue weighted by Crippen LogP contribution is -2.35. The Bertz CT molecular complexity index is 1090. The Morgan fingerprint density at radius 2 is 2.07 bits per heavy atom. The van der Waals surface area contributed by atoms with Gasteiger partial charge >= 0.3 is 0 Å². The minimum absolute atomic E-state index is 0.634. The van der Waals surface area contributed by atoms with E-state index < -0.39 is 10.0 Å². The molecule has 1 fully saturated rings. The summed E-state index contributed by atoms with van der Waals surface area (Å²) < 4.78 is 25.0. The van der Waals surface area contributed by atoms with E-state index in [9.17, 15) is 8.42 Å². The smallest absolute Gasteiger partial charge is 0.231 e. The molecule has 154 valence electrons. The molecule has 6 nitrogen and oxygen atoms in total. The summed E-state index contributed by atoms with van der Waals surface area (Å²) >= 11 is 0. The maximum absolute atomic E-state index is 11.8. The molecule has 1 aliphatic heterocycles. The number of aromatic amines is 1. The Labute approximate surface area is 172 Å². The molecule has 2 aromatic carbocycles. The highest BCUT2D eigenvalue weighted by Crippen LogP contribution is 2.25. The molecule has 1 aliphatic rings. The Morgan fingerprint density at radius 3 is 2.90 bits per heavy atom. The van der Waals surface area contributed by atoms with Gasteiger partial charge in [0.15, 0.2) is 0 Å². The van der Waals surface area contributed by atoms with E-state index in [0.29, 0.717) is 11.6 Å². The van der Waals surface area contributed by atoms with Gasteiger partial charge in [0.05, 0.1) is 23.7 Å². The molecule has 2 heterocycles. The van der Waals surface area contributed by atoms with Gasteiger partial charge in [-0.05, 0) is 67.1 Å². The summed E-state index contributed by atoms with van der Waals surface area (Å²) in [4.78, 5) is 2.49. The van der Waals surface area contributed by atoms with Crippen molar-refractivity contribution in [3.8, 4) is 0 Å². The molecule has 1 N–H and O–H groups in total. The van der Waals surface area contributed by atoms with E-state index in [-0.39, 0.29) is 0 Å². The molecule has 4 rings (SSSR count). The molecule has 29 heavy (non-hydrogen) atoms. The lowest BCUT2D eigenvalue weighted by Gasteiger charge is -2.33. The average molecular weight is 413 g/mol. The number of benzene rings is 2. The molecule has 0 bridgehead atoms. The van der Waals surface area contributed by atoms with E-state index in [1.165, 1.54) is 34.4 Å². The first-order valence-electron chi connectivity index (χ1n) is 10.1. The van der Waals surface area contributed by atoms with Crippen LogP contribution in [0.5, 0.6) is 0 Å². The van der Waals surface area contributed by atoms with Crippen molar-refractivity contribution in [2.75, 3.05) is 30.7 Å². The standard InChI is InChI=1S/C22H28N4O2S/c1-25(29(2,27)28)21-7-3-5-19(13-21)16-26-10-4-6-18(15-26)11-17-8-9-22-20(12-17)14-23-24-22/h3,5,7-9,12-14,18H,4,6,10-11,15-16H2,1-2H3,(H,23,24). The summed E-state index contributed by atoms with van der Waals surface area (Å²) in [6.07, 6.45) is 6.63. The normalized spacial score (nSPS) is 18.2. The number of hydrogen-bond donors (Lipinski definition) is 1. The van der Waals surface area contributed by atoms with Crippen LogP contribution in [0.15, 0.2) is 48.7 Å². The third-order valence-electron chi connectivity index (χ3n) is 5.81. The van der Waals surface area contributed by atoms with Crippen LogP contribution in [0.1, 0.15) is 24.0 Å². The number of sulfonamides is 1. The van der Waals surface area contributed by atoms with E-state index in [2.05, 4.69) is 39.4 Å². The molecule has 0 radical (unpaired) electrons. The Kier molecular flexibility index (Phi) is 5.61. The van der Waals surface area contributed by atoms with E-state index in [1.54, 1.807) is 7.05 Å². The predicted octanol–water partition coefficient (Wildman–Crippen LogP) is 3.41. The Morgan fingerprint density at radius 1 is 1.21 bits per heavy atom. The molecule has 0 aliphatic carbocycles. The number of nitrogens with one attached hydrogen (secondary N) is 1. The van der Waals surface area contributed by atoms with Crippen molar-refractivity contribution in [2.45, 2.75) is 25.8 Å². The van der Waals surface area contributed by atoms with Gasteiger partial charge in [-0.1, -0.05) is 18.2 Å². The second kappa shape index (κ2) is 8.16. The largest absolute Gasteiger partial charge is 0.299 e. The summed E-state index contributed by atoms with van der Waals surface area (Å²) in [5, 5.41) is 8.28. The van der Waals surface area contributed by atoms with Crippen LogP contribution in [0.3, 0.4) is 0 Å². The van der Waals surface area contributed by atoms with Crippen molar-refractivity contribution in [3.63, 3.8) is 0 Å². The van der Waals surface area contributed by atoms with Gasteiger partial charge in [0.1, 0.15) is 0 Å². The highest BCUT2D eigenvalue weighted by Gasteiger charge is 2.21. The van der Waals surface area contributed by atoms with Crippen molar-refractivity contribution < 1.29 is 8.42 Å². The van der Waals surface area contributed by atoms with Crippen LogP contribution in [0.4, 0.5) is 5.69 Å². The minimum Gasteiger partial charge on any atom is -0.299 e. The lowest BCUT2D eigenvalue weighted by molar-refractivity contribution is 0.167. The van der Waals surface area contributed by atoms with Gasteiger partial charge in [0.25, 0.3) is 0 Å². The quantitative estimate of drug-likeness (QED) is 0.674. The summed E-state index contributed by atoms with van der Waals surface area (Å²) in [6.45, 7) is 3.00. The third-order valence-corrected chi connectivity index (χ3v) is 7.02. The maximum Gasteiger partial charge on any atom is 0.231 e. The Balaban J connectivity index is 1.41. The van der Waals surface area contributed by atoms with Gasteiger partial charge in [-0.25, -0.2) is 8.42 Å². The number of anilines is 1. The van der Waals surface area contributed by atoms with Gasteiger partial charge in [-0.3, -0.25) is 14.3 Å². The zero-order valence-corrected chi connectivity index (χ0v) is 17.8. The zero-order chi connectivity index (χ0) is 20.4. The number of likely N-dealkylation sites (tertiary alicyclic amines) is 1. The fraction of sp³-hybridized carbons (Fsp3) is 0.409. The van der Waals surface area contributed by atoms with Gasteiger partial charge in [-0.15, -0.1) is 0 Å². The number of H-pyrrole nitrogens is 1. The zero-order valence-electron chi connectivity index (χ0n) is 17.0. The van der Waals surface area contributed by atoms with Crippen molar-refractivity contribution in [1.29, 1.82) is 0 Å². The van der Waals surface area contributed by atoms with Crippen LogP contribution in [0.25, 0.3) is 10.9 Å². The van der Waals surface area contributed by atoms with Gasteiger partial charge in [0, 0.05) is 25.5 Å². The number of aromatic nitrogens is 2. The third kappa shape index (κ3) is 4.79. The highest BCUT2D eigenvalue weighted by atomic mass is 32.2.